The van der Waals surface area contributed by atoms with Crippen molar-refractivity contribution >= 4 is 18.4 Å². The molecule has 0 atom stereocenters. The van der Waals surface area contributed by atoms with Crippen LogP contribution in [0, 0.1) is 0 Å². The zero-order valence-electron chi connectivity index (χ0n) is 6.79. The molecule has 0 aromatic carbocycles. The molecule has 4 heteroatoms. The lowest BCUT2D eigenvalue weighted by molar-refractivity contribution is -0.137. The van der Waals surface area contributed by atoms with Gasteiger partial charge in [0.05, 0.1) is 6.61 Å². The standard InChI is InChI=1S/C7H13NO2.ClH/c1-3-6(8)5-7(9)10-4-2;/h5H,3-4,8H2,1-2H3;1H. The van der Waals surface area contributed by atoms with Crippen molar-refractivity contribution in [3.8, 4) is 0 Å². The van der Waals surface area contributed by atoms with Crippen LogP contribution in [-0.4, -0.2) is 12.6 Å². The molecule has 2 N–H and O–H groups in total. The second-order valence-corrected chi connectivity index (χ2v) is 1.82. The van der Waals surface area contributed by atoms with E-state index in [1.54, 1.807) is 6.92 Å². The molecular weight excluding hydrogens is 166 g/mol. The predicted octanol–water partition coefficient (Wildman–Crippen LogP) is 1.22. The molecule has 0 aromatic heterocycles. The molecule has 0 aliphatic heterocycles. The number of hydrogen-bond donors (Lipinski definition) is 1. The highest BCUT2D eigenvalue weighted by Gasteiger charge is 1.95. The molecule has 3 nitrogen and oxygen atoms in total. The first-order chi connectivity index (χ1) is 4.70. The molecule has 0 aromatic rings. The van der Waals surface area contributed by atoms with Gasteiger partial charge in [0.1, 0.15) is 0 Å². The van der Waals surface area contributed by atoms with E-state index in [-0.39, 0.29) is 18.4 Å². The third kappa shape index (κ3) is 7.19. The van der Waals surface area contributed by atoms with E-state index in [2.05, 4.69) is 4.74 Å². The fourth-order valence-corrected chi connectivity index (χ4v) is 0.437. The summed E-state index contributed by atoms with van der Waals surface area (Å²) in [5.74, 6) is -0.359. The van der Waals surface area contributed by atoms with Crippen LogP contribution < -0.4 is 5.73 Å². The van der Waals surface area contributed by atoms with Gasteiger partial charge >= 0.3 is 5.97 Å². The molecule has 0 spiro atoms. The van der Waals surface area contributed by atoms with Gasteiger partial charge in [-0.25, -0.2) is 4.79 Å². The molecule has 0 rings (SSSR count). The maximum absolute atomic E-state index is 10.6. The molecular formula is C7H14ClNO2. The van der Waals surface area contributed by atoms with Crippen molar-refractivity contribution in [2.75, 3.05) is 6.61 Å². The third-order valence-corrected chi connectivity index (χ3v) is 0.998. The first kappa shape index (κ1) is 12.9. The van der Waals surface area contributed by atoms with Gasteiger partial charge < -0.3 is 10.5 Å². The minimum absolute atomic E-state index is 0. The van der Waals surface area contributed by atoms with Gasteiger partial charge in [-0.3, -0.25) is 0 Å². The smallest absolute Gasteiger partial charge is 0.332 e. The largest absolute Gasteiger partial charge is 0.463 e. The van der Waals surface area contributed by atoms with Crippen LogP contribution in [-0.2, 0) is 9.53 Å². The van der Waals surface area contributed by atoms with E-state index < -0.39 is 0 Å². The number of esters is 1. The van der Waals surface area contributed by atoms with Crippen LogP contribution >= 0.6 is 12.4 Å². The van der Waals surface area contributed by atoms with Crippen molar-refractivity contribution < 1.29 is 9.53 Å². The fourth-order valence-electron chi connectivity index (χ4n) is 0.437. The maximum atomic E-state index is 10.6. The number of rotatable bonds is 3. The highest BCUT2D eigenvalue weighted by atomic mass is 35.5. The molecule has 0 radical (unpaired) electrons. The Kier molecular flexibility index (Phi) is 8.71. The van der Waals surface area contributed by atoms with E-state index in [1.807, 2.05) is 6.92 Å². The summed E-state index contributed by atoms with van der Waals surface area (Å²) < 4.78 is 4.62. The van der Waals surface area contributed by atoms with Crippen LogP contribution in [0.4, 0.5) is 0 Å². The summed E-state index contributed by atoms with van der Waals surface area (Å²) in [5, 5.41) is 0. The maximum Gasteiger partial charge on any atom is 0.332 e. The first-order valence-electron chi connectivity index (χ1n) is 3.33. The van der Waals surface area contributed by atoms with Gasteiger partial charge in [0.15, 0.2) is 0 Å². The van der Waals surface area contributed by atoms with Crippen molar-refractivity contribution in [3.05, 3.63) is 11.8 Å². The van der Waals surface area contributed by atoms with Crippen molar-refractivity contribution in [3.63, 3.8) is 0 Å². The lowest BCUT2D eigenvalue weighted by atomic mass is 10.3. The lowest BCUT2D eigenvalue weighted by Crippen LogP contribution is -2.04. The SMILES string of the molecule is CCOC(=O)C=C(N)CC.Cl. The quantitative estimate of drug-likeness (QED) is 0.524. The van der Waals surface area contributed by atoms with Gasteiger partial charge in [0.2, 0.25) is 0 Å². The van der Waals surface area contributed by atoms with E-state index in [9.17, 15) is 4.79 Å². The van der Waals surface area contributed by atoms with E-state index in [0.717, 1.165) is 0 Å². The Morgan fingerprint density at radius 1 is 1.55 bits per heavy atom. The van der Waals surface area contributed by atoms with Crippen LogP contribution in [0.15, 0.2) is 11.8 Å². The lowest BCUT2D eigenvalue weighted by Gasteiger charge is -1.96. The van der Waals surface area contributed by atoms with Crippen LogP contribution in [0.3, 0.4) is 0 Å². The molecule has 66 valence electrons. The van der Waals surface area contributed by atoms with Crippen molar-refractivity contribution in [1.29, 1.82) is 0 Å². The molecule has 0 aliphatic carbocycles. The predicted molar refractivity (Wildman–Crippen MR) is 46.4 cm³/mol. The minimum Gasteiger partial charge on any atom is -0.463 e. The summed E-state index contributed by atoms with van der Waals surface area (Å²) in [6, 6.07) is 0. The van der Waals surface area contributed by atoms with Crippen LogP contribution in [0.1, 0.15) is 20.3 Å². The average Bonchev–Trinajstić information content (AvgIpc) is 1.88. The minimum atomic E-state index is -0.359. The number of halogens is 1. The summed E-state index contributed by atoms with van der Waals surface area (Å²) in [6.07, 6.45) is 1.99. The molecule has 0 amide bonds. The summed E-state index contributed by atoms with van der Waals surface area (Å²) in [7, 11) is 0. The Labute approximate surface area is 73.0 Å². The van der Waals surface area contributed by atoms with Crippen molar-refractivity contribution in [2.45, 2.75) is 20.3 Å². The number of ether oxygens (including phenoxy) is 1. The Morgan fingerprint density at radius 2 is 2.09 bits per heavy atom. The average molecular weight is 180 g/mol. The van der Waals surface area contributed by atoms with Crippen LogP contribution in [0.2, 0.25) is 0 Å². The zero-order chi connectivity index (χ0) is 7.98. The second kappa shape index (κ2) is 7.41. The molecule has 0 aliphatic rings. The molecule has 0 bridgehead atoms. The Morgan fingerprint density at radius 3 is 2.45 bits per heavy atom. The Balaban J connectivity index is 0. The summed E-state index contributed by atoms with van der Waals surface area (Å²) in [5.41, 5.74) is 5.92. The number of allylic oxidation sites excluding steroid dienone is 1. The summed E-state index contributed by atoms with van der Waals surface area (Å²) >= 11 is 0. The number of carbonyl (C=O) groups is 1. The van der Waals surface area contributed by atoms with E-state index in [1.165, 1.54) is 6.08 Å². The first-order valence-corrected chi connectivity index (χ1v) is 3.33. The number of hydrogen-bond acceptors (Lipinski definition) is 3. The zero-order valence-corrected chi connectivity index (χ0v) is 7.61. The van der Waals surface area contributed by atoms with E-state index in [0.29, 0.717) is 18.7 Å². The van der Waals surface area contributed by atoms with Crippen molar-refractivity contribution in [1.82, 2.24) is 0 Å². The summed E-state index contributed by atoms with van der Waals surface area (Å²) in [4.78, 5) is 10.6. The van der Waals surface area contributed by atoms with Gasteiger partial charge in [-0.15, -0.1) is 12.4 Å². The molecule has 11 heavy (non-hydrogen) atoms. The molecule has 0 saturated heterocycles. The van der Waals surface area contributed by atoms with Gasteiger partial charge in [-0.1, -0.05) is 6.92 Å². The third-order valence-electron chi connectivity index (χ3n) is 0.998. The van der Waals surface area contributed by atoms with Crippen LogP contribution in [0.25, 0.3) is 0 Å². The van der Waals surface area contributed by atoms with Crippen LogP contribution in [0.5, 0.6) is 0 Å². The highest BCUT2D eigenvalue weighted by molar-refractivity contribution is 5.85. The normalized spacial score (nSPS) is 10.2. The van der Waals surface area contributed by atoms with Gasteiger partial charge in [0, 0.05) is 11.8 Å². The molecule has 0 saturated carbocycles. The monoisotopic (exact) mass is 179 g/mol. The number of nitrogens with two attached hydrogens (primary N) is 1. The number of carbonyl (C=O) groups excluding carboxylic acids is 1. The van der Waals surface area contributed by atoms with E-state index in [4.69, 9.17) is 5.73 Å². The van der Waals surface area contributed by atoms with Gasteiger partial charge in [0.25, 0.3) is 0 Å². The van der Waals surface area contributed by atoms with Gasteiger partial charge in [-0.05, 0) is 13.3 Å². The fraction of sp³-hybridized carbons (Fsp3) is 0.571. The second-order valence-electron chi connectivity index (χ2n) is 1.82. The molecule has 0 heterocycles. The Bertz CT molecular complexity index is 145. The Hall–Kier alpha value is -0.700. The molecule has 0 fully saturated rings. The highest BCUT2D eigenvalue weighted by Crippen LogP contribution is 1.91. The molecule has 0 unspecified atom stereocenters. The van der Waals surface area contributed by atoms with Gasteiger partial charge in [-0.2, -0.15) is 0 Å². The van der Waals surface area contributed by atoms with E-state index >= 15 is 0 Å². The topological polar surface area (TPSA) is 52.3 Å². The summed E-state index contributed by atoms with van der Waals surface area (Å²) in [6.45, 7) is 4.03. The van der Waals surface area contributed by atoms with Crippen molar-refractivity contribution in [2.24, 2.45) is 5.73 Å².